The highest BCUT2D eigenvalue weighted by Gasteiger charge is 2.14. The molecule has 1 aromatic rings. The van der Waals surface area contributed by atoms with Crippen LogP contribution in [0.2, 0.25) is 0 Å². The quantitative estimate of drug-likeness (QED) is 0.768. The van der Waals surface area contributed by atoms with Crippen LogP contribution in [0.4, 0.5) is 0 Å². The fraction of sp³-hybridized carbons (Fsp3) is 0.786. The first-order chi connectivity index (χ1) is 8.29. The van der Waals surface area contributed by atoms with Crippen LogP contribution in [0.1, 0.15) is 50.4 Å². The highest BCUT2D eigenvalue weighted by atomic mass is 15.3. The number of aromatic nitrogens is 2. The molecule has 0 atom stereocenters. The summed E-state index contributed by atoms with van der Waals surface area (Å²) >= 11 is 0. The standard InChI is InChI=1S/C14H25N3/c1-3-13-10-14(17(2)16-13)11-15-9-8-12-6-4-5-7-12/h10,12,15H,3-9,11H2,1-2H3. The lowest BCUT2D eigenvalue weighted by atomic mass is 10.0. The Kier molecular flexibility index (Phi) is 4.60. The molecule has 1 aromatic heterocycles. The normalized spacial score (nSPS) is 16.8. The van der Waals surface area contributed by atoms with Gasteiger partial charge in [0.1, 0.15) is 0 Å². The fourth-order valence-corrected chi connectivity index (χ4v) is 2.73. The summed E-state index contributed by atoms with van der Waals surface area (Å²) in [6, 6.07) is 2.21. The predicted molar refractivity (Wildman–Crippen MR) is 70.9 cm³/mol. The number of hydrogen-bond donors (Lipinski definition) is 1. The first kappa shape index (κ1) is 12.6. The molecular weight excluding hydrogens is 210 g/mol. The van der Waals surface area contributed by atoms with Gasteiger partial charge in [0.25, 0.3) is 0 Å². The van der Waals surface area contributed by atoms with E-state index in [9.17, 15) is 0 Å². The Morgan fingerprint density at radius 3 is 2.82 bits per heavy atom. The SMILES string of the molecule is CCc1cc(CNCCC2CCCC2)n(C)n1. The molecule has 3 nitrogen and oxygen atoms in total. The smallest absolute Gasteiger partial charge is 0.0625 e. The summed E-state index contributed by atoms with van der Waals surface area (Å²) in [6.07, 6.45) is 8.17. The Balaban J connectivity index is 1.68. The van der Waals surface area contributed by atoms with Gasteiger partial charge in [0.05, 0.1) is 11.4 Å². The molecule has 1 N–H and O–H groups in total. The highest BCUT2D eigenvalue weighted by molar-refractivity contribution is 5.09. The molecule has 1 aliphatic rings. The summed E-state index contributed by atoms with van der Waals surface area (Å²) in [7, 11) is 2.03. The molecular formula is C14H25N3. The van der Waals surface area contributed by atoms with E-state index in [1.807, 2.05) is 11.7 Å². The van der Waals surface area contributed by atoms with E-state index in [1.165, 1.54) is 43.5 Å². The molecule has 0 saturated heterocycles. The molecule has 0 aliphatic heterocycles. The number of rotatable bonds is 6. The van der Waals surface area contributed by atoms with Crippen molar-refractivity contribution < 1.29 is 0 Å². The number of hydrogen-bond acceptors (Lipinski definition) is 2. The van der Waals surface area contributed by atoms with Crippen LogP contribution in [0, 0.1) is 5.92 Å². The van der Waals surface area contributed by atoms with E-state index < -0.39 is 0 Å². The second-order valence-corrected chi connectivity index (χ2v) is 5.22. The average molecular weight is 235 g/mol. The Morgan fingerprint density at radius 2 is 2.18 bits per heavy atom. The Hall–Kier alpha value is -0.830. The first-order valence-electron chi connectivity index (χ1n) is 7.02. The summed E-state index contributed by atoms with van der Waals surface area (Å²) < 4.78 is 2.00. The van der Waals surface area contributed by atoms with Gasteiger partial charge in [-0.05, 0) is 31.4 Å². The van der Waals surface area contributed by atoms with Crippen molar-refractivity contribution >= 4 is 0 Å². The molecule has 0 spiro atoms. The van der Waals surface area contributed by atoms with Crippen molar-refractivity contribution in [2.45, 2.75) is 52.0 Å². The van der Waals surface area contributed by atoms with E-state index in [0.717, 1.165) is 25.4 Å². The average Bonchev–Trinajstić information content (AvgIpc) is 2.94. The molecule has 3 heteroatoms. The second kappa shape index (κ2) is 6.20. The van der Waals surface area contributed by atoms with Crippen LogP contribution in [0.25, 0.3) is 0 Å². The van der Waals surface area contributed by atoms with Gasteiger partial charge in [0.2, 0.25) is 0 Å². The Labute approximate surface area is 105 Å². The van der Waals surface area contributed by atoms with Crippen molar-refractivity contribution in [1.82, 2.24) is 15.1 Å². The number of nitrogens with one attached hydrogen (secondary N) is 1. The maximum absolute atomic E-state index is 4.46. The molecule has 0 bridgehead atoms. The van der Waals surface area contributed by atoms with Crippen LogP contribution < -0.4 is 5.32 Å². The zero-order chi connectivity index (χ0) is 12.1. The highest BCUT2D eigenvalue weighted by Crippen LogP contribution is 2.26. The van der Waals surface area contributed by atoms with Crippen molar-refractivity contribution in [3.05, 3.63) is 17.5 Å². The van der Waals surface area contributed by atoms with Gasteiger partial charge in [-0.1, -0.05) is 32.6 Å². The lowest BCUT2D eigenvalue weighted by Gasteiger charge is -2.09. The van der Waals surface area contributed by atoms with Gasteiger partial charge >= 0.3 is 0 Å². The molecule has 0 unspecified atom stereocenters. The van der Waals surface area contributed by atoms with Crippen LogP contribution in [0.3, 0.4) is 0 Å². The molecule has 1 heterocycles. The summed E-state index contributed by atoms with van der Waals surface area (Å²) in [5.74, 6) is 0.986. The van der Waals surface area contributed by atoms with Gasteiger partial charge in [0, 0.05) is 13.6 Å². The minimum atomic E-state index is 0.955. The van der Waals surface area contributed by atoms with Crippen LogP contribution >= 0.6 is 0 Å². The van der Waals surface area contributed by atoms with E-state index in [2.05, 4.69) is 23.4 Å². The van der Waals surface area contributed by atoms with Crippen molar-refractivity contribution in [1.29, 1.82) is 0 Å². The van der Waals surface area contributed by atoms with Gasteiger partial charge in [0.15, 0.2) is 0 Å². The number of aryl methyl sites for hydroxylation is 2. The van der Waals surface area contributed by atoms with Crippen LogP contribution in [-0.4, -0.2) is 16.3 Å². The van der Waals surface area contributed by atoms with Gasteiger partial charge in [-0.3, -0.25) is 4.68 Å². The maximum atomic E-state index is 4.46. The third kappa shape index (κ3) is 3.56. The monoisotopic (exact) mass is 235 g/mol. The van der Waals surface area contributed by atoms with Gasteiger partial charge in [-0.2, -0.15) is 5.10 Å². The third-order valence-electron chi connectivity index (χ3n) is 3.90. The predicted octanol–water partition coefficient (Wildman–Crippen LogP) is 2.65. The van der Waals surface area contributed by atoms with Crippen molar-refractivity contribution in [3.8, 4) is 0 Å². The molecule has 0 aromatic carbocycles. The zero-order valence-electron chi connectivity index (χ0n) is 11.2. The van der Waals surface area contributed by atoms with Crippen molar-refractivity contribution in [2.75, 3.05) is 6.54 Å². The summed E-state index contributed by atoms with van der Waals surface area (Å²) in [5.41, 5.74) is 2.49. The summed E-state index contributed by atoms with van der Waals surface area (Å²) in [5, 5.41) is 8.01. The topological polar surface area (TPSA) is 29.9 Å². The Bertz CT molecular complexity index is 337. The molecule has 2 rings (SSSR count). The second-order valence-electron chi connectivity index (χ2n) is 5.22. The molecule has 1 aliphatic carbocycles. The van der Waals surface area contributed by atoms with Gasteiger partial charge in [-0.25, -0.2) is 0 Å². The Morgan fingerprint density at radius 1 is 1.41 bits per heavy atom. The largest absolute Gasteiger partial charge is 0.311 e. The van der Waals surface area contributed by atoms with E-state index >= 15 is 0 Å². The lowest BCUT2D eigenvalue weighted by Crippen LogP contribution is -2.18. The molecule has 96 valence electrons. The van der Waals surface area contributed by atoms with E-state index in [4.69, 9.17) is 0 Å². The minimum absolute atomic E-state index is 0.955. The molecule has 1 fully saturated rings. The van der Waals surface area contributed by atoms with E-state index in [1.54, 1.807) is 0 Å². The first-order valence-corrected chi connectivity index (χ1v) is 7.02. The third-order valence-corrected chi connectivity index (χ3v) is 3.90. The zero-order valence-corrected chi connectivity index (χ0v) is 11.2. The molecule has 17 heavy (non-hydrogen) atoms. The van der Waals surface area contributed by atoms with E-state index in [0.29, 0.717) is 0 Å². The van der Waals surface area contributed by atoms with Crippen molar-refractivity contribution in [3.63, 3.8) is 0 Å². The van der Waals surface area contributed by atoms with Gasteiger partial charge in [-0.15, -0.1) is 0 Å². The van der Waals surface area contributed by atoms with E-state index in [-0.39, 0.29) is 0 Å². The molecule has 0 amide bonds. The van der Waals surface area contributed by atoms with Gasteiger partial charge < -0.3 is 5.32 Å². The summed E-state index contributed by atoms with van der Waals surface area (Å²) in [4.78, 5) is 0. The fourth-order valence-electron chi connectivity index (χ4n) is 2.73. The summed E-state index contributed by atoms with van der Waals surface area (Å²) in [6.45, 7) is 4.26. The molecule has 1 saturated carbocycles. The minimum Gasteiger partial charge on any atom is -0.311 e. The van der Waals surface area contributed by atoms with Crippen LogP contribution in [0.5, 0.6) is 0 Å². The van der Waals surface area contributed by atoms with Crippen molar-refractivity contribution in [2.24, 2.45) is 13.0 Å². The lowest BCUT2D eigenvalue weighted by molar-refractivity contribution is 0.473. The molecule has 0 radical (unpaired) electrons. The maximum Gasteiger partial charge on any atom is 0.0625 e. The van der Waals surface area contributed by atoms with Crippen LogP contribution in [-0.2, 0) is 20.0 Å². The van der Waals surface area contributed by atoms with Crippen LogP contribution in [0.15, 0.2) is 6.07 Å². The number of nitrogens with zero attached hydrogens (tertiary/aromatic N) is 2.